The molecule has 2 rings (SSSR count). The van der Waals surface area contributed by atoms with Gasteiger partial charge in [-0.05, 0) is 11.4 Å². The van der Waals surface area contributed by atoms with Crippen LogP contribution >= 0.6 is 23.1 Å². The number of nitrogens with zero attached hydrogens (tertiary/aromatic N) is 2. The van der Waals surface area contributed by atoms with E-state index in [1.807, 2.05) is 6.07 Å². The lowest BCUT2D eigenvalue weighted by Crippen LogP contribution is -1.99. The van der Waals surface area contributed by atoms with Crippen molar-refractivity contribution in [1.29, 1.82) is 0 Å². The lowest BCUT2D eigenvalue weighted by molar-refractivity contribution is 0.313. The molecule has 0 aliphatic carbocycles. The highest BCUT2D eigenvalue weighted by molar-refractivity contribution is 7.09. The molecule has 2 aromatic heterocycles. The van der Waals surface area contributed by atoms with E-state index in [1.165, 1.54) is 16.6 Å². The molecule has 0 aliphatic rings. The van der Waals surface area contributed by atoms with Crippen molar-refractivity contribution >= 4 is 23.1 Å². The maximum absolute atomic E-state index is 5.36. The predicted octanol–water partition coefficient (Wildman–Crippen LogP) is 2.22. The number of rotatable bonds is 4. The Morgan fingerprint density at radius 1 is 1.46 bits per heavy atom. The molecule has 13 heavy (non-hydrogen) atoms. The van der Waals surface area contributed by atoms with Crippen LogP contribution < -0.4 is 4.74 Å². The monoisotopic (exact) mass is 212 g/mol. The van der Waals surface area contributed by atoms with Gasteiger partial charge in [-0.2, -0.15) is 4.37 Å². The predicted molar refractivity (Wildman–Crippen MR) is 53.4 cm³/mol. The molecule has 0 radical (unpaired) electrons. The first-order chi connectivity index (χ1) is 6.45. The largest absolute Gasteiger partial charge is 0.476 e. The van der Waals surface area contributed by atoms with E-state index >= 15 is 0 Å². The van der Waals surface area contributed by atoms with E-state index in [0.29, 0.717) is 12.5 Å². The van der Waals surface area contributed by atoms with Gasteiger partial charge in [0.2, 0.25) is 5.88 Å². The van der Waals surface area contributed by atoms with Crippen LogP contribution in [-0.2, 0) is 6.42 Å². The van der Waals surface area contributed by atoms with Crippen molar-refractivity contribution in [2.24, 2.45) is 0 Å². The molecule has 0 spiro atoms. The Morgan fingerprint density at radius 3 is 3.15 bits per heavy atom. The Kier molecular flexibility index (Phi) is 2.89. The maximum atomic E-state index is 5.36. The summed E-state index contributed by atoms with van der Waals surface area (Å²) >= 11 is 2.91. The number of thiophene rings is 1. The smallest absolute Gasteiger partial charge is 0.245 e. The SMILES string of the molecule is c1csc(CCOc2cnsn2)c1. The molecular formula is C8H8N2OS2. The molecule has 0 fully saturated rings. The van der Waals surface area contributed by atoms with E-state index < -0.39 is 0 Å². The first-order valence-electron chi connectivity index (χ1n) is 3.88. The fraction of sp³-hybridized carbons (Fsp3) is 0.250. The second kappa shape index (κ2) is 4.34. The second-order valence-electron chi connectivity index (χ2n) is 2.42. The van der Waals surface area contributed by atoms with Crippen LogP contribution in [0.2, 0.25) is 0 Å². The third-order valence-electron chi connectivity index (χ3n) is 1.52. The average molecular weight is 212 g/mol. The molecule has 0 saturated heterocycles. The van der Waals surface area contributed by atoms with Crippen LogP contribution in [0.15, 0.2) is 23.7 Å². The average Bonchev–Trinajstić information content (AvgIpc) is 2.75. The molecule has 0 unspecified atom stereocenters. The molecule has 2 aromatic rings. The lowest BCUT2D eigenvalue weighted by Gasteiger charge is -1.98. The van der Waals surface area contributed by atoms with E-state index in [9.17, 15) is 0 Å². The first-order valence-corrected chi connectivity index (χ1v) is 5.49. The molecule has 0 saturated carbocycles. The molecule has 0 aromatic carbocycles. The highest BCUT2D eigenvalue weighted by atomic mass is 32.1. The number of aromatic nitrogens is 2. The number of hydrogen-bond donors (Lipinski definition) is 0. The van der Waals surface area contributed by atoms with Crippen LogP contribution in [0, 0.1) is 0 Å². The van der Waals surface area contributed by atoms with E-state index in [-0.39, 0.29) is 0 Å². The van der Waals surface area contributed by atoms with Gasteiger partial charge in [0.25, 0.3) is 0 Å². The van der Waals surface area contributed by atoms with Crippen LogP contribution in [0.4, 0.5) is 0 Å². The van der Waals surface area contributed by atoms with Gasteiger partial charge in [-0.1, -0.05) is 6.07 Å². The van der Waals surface area contributed by atoms with Gasteiger partial charge in [-0.15, -0.1) is 15.7 Å². The summed E-state index contributed by atoms with van der Waals surface area (Å²) in [6.45, 7) is 0.673. The van der Waals surface area contributed by atoms with Crippen LogP contribution in [-0.4, -0.2) is 15.4 Å². The topological polar surface area (TPSA) is 35.0 Å². The summed E-state index contributed by atoms with van der Waals surface area (Å²) in [7, 11) is 0. The zero-order valence-corrected chi connectivity index (χ0v) is 8.48. The van der Waals surface area contributed by atoms with Crippen molar-refractivity contribution in [3.8, 4) is 5.88 Å². The van der Waals surface area contributed by atoms with E-state index in [0.717, 1.165) is 6.42 Å². The molecule has 0 aliphatic heterocycles. The zero-order chi connectivity index (χ0) is 8.93. The first kappa shape index (κ1) is 8.65. The van der Waals surface area contributed by atoms with Crippen LogP contribution in [0.5, 0.6) is 5.88 Å². The summed E-state index contributed by atoms with van der Waals surface area (Å²) in [5, 5.41) is 2.07. The zero-order valence-electron chi connectivity index (χ0n) is 6.84. The summed E-state index contributed by atoms with van der Waals surface area (Å²) < 4.78 is 13.2. The molecule has 5 heteroatoms. The highest BCUT2D eigenvalue weighted by Gasteiger charge is 1.97. The van der Waals surface area contributed by atoms with Crippen molar-refractivity contribution < 1.29 is 4.74 Å². The second-order valence-corrected chi connectivity index (χ2v) is 4.01. The normalized spacial score (nSPS) is 10.2. The maximum Gasteiger partial charge on any atom is 0.245 e. The quantitative estimate of drug-likeness (QED) is 0.779. The molecule has 0 atom stereocenters. The summed E-state index contributed by atoms with van der Waals surface area (Å²) in [4.78, 5) is 1.34. The van der Waals surface area contributed by atoms with E-state index in [2.05, 4.69) is 20.2 Å². The van der Waals surface area contributed by atoms with Gasteiger partial charge in [-0.25, -0.2) is 0 Å². The van der Waals surface area contributed by atoms with Gasteiger partial charge in [0.15, 0.2) is 0 Å². The minimum Gasteiger partial charge on any atom is -0.476 e. The molecule has 0 bridgehead atoms. The number of ether oxygens (including phenoxy) is 1. The highest BCUT2D eigenvalue weighted by Crippen LogP contribution is 2.10. The Balaban J connectivity index is 1.76. The molecule has 3 nitrogen and oxygen atoms in total. The Bertz CT molecular complexity index is 297. The molecule has 2 heterocycles. The van der Waals surface area contributed by atoms with E-state index in [1.54, 1.807) is 17.5 Å². The van der Waals surface area contributed by atoms with E-state index in [4.69, 9.17) is 4.74 Å². The van der Waals surface area contributed by atoms with Crippen molar-refractivity contribution in [3.63, 3.8) is 0 Å². The minimum absolute atomic E-state index is 0.626. The summed E-state index contributed by atoms with van der Waals surface area (Å²) in [5.74, 6) is 0.626. The summed E-state index contributed by atoms with van der Waals surface area (Å²) in [6.07, 6.45) is 2.58. The van der Waals surface area contributed by atoms with Crippen LogP contribution in [0.25, 0.3) is 0 Å². The Labute approximate surface area is 84.3 Å². The van der Waals surface area contributed by atoms with Gasteiger partial charge < -0.3 is 4.74 Å². The summed E-state index contributed by atoms with van der Waals surface area (Å²) in [5.41, 5.74) is 0. The van der Waals surface area contributed by atoms with Crippen molar-refractivity contribution in [2.75, 3.05) is 6.61 Å². The Hall–Kier alpha value is -0.940. The molecule has 68 valence electrons. The van der Waals surface area contributed by atoms with Gasteiger partial charge in [0, 0.05) is 11.3 Å². The van der Waals surface area contributed by atoms with Crippen molar-refractivity contribution in [3.05, 3.63) is 28.6 Å². The Morgan fingerprint density at radius 2 is 2.46 bits per heavy atom. The molecule has 0 N–H and O–H groups in total. The standard InChI is InChI=1S/C8H8N2OS2/c1-2-7(12-5-1)3-4-11-8-6-9-13-10-8/h1-2,5-6H,3-4H2. The third-order valence-corrected chi connectivity index (χ3v) is 2.92. The van der Waals surface area contributed by atoms with Crippen LogP contribution in [0.1, 0.15) is 4.88 Å². The van der Waals surface area contributed by atoms with Gasteiger partial charge in [0.1, 0.15) is 6.20 Å². The summed E-state index contributed by atoms with van der Waals surface area (Å²) in [6, 6.07) is 4.15. The fourth-order valence-corrected chi connectivity index (χ4v) is 1.99. The van der Waals surface area contributed by atoms with Gasteiger partial charge in [-0.3, -0.25) is 0 Å². The lowest BCUT2D eigenvalue weighted by atomic mass is 10.4. The number of hydrogen-bond acceptors (Lipinski definition) is 5. The van der Waals surface area contributed by atoms with Gasteiger partial charge >= 0.3 is 0 Å². The molecule has 0 amide bonds. The van der Waals surface area contributed by atoms with Gasteiger partial charge in [0.05, 0.1) is 18.3 Å². The van der Waals surface area contributed by atoms with Crippen molar-refractivity contribution in [2.45, 2.75) is 6.42 Å². The molecular weight excluding hydrogens is 204 g/mol. The van der Waals surface area contributed by atoms with Crippen LogP contribution in [0.3, 0.4) is 0 Å². The third kappa shape index (κ3) is 2.50. The fourth-order valence-electron chi connectivity index (χ4n) is 0.931. The minimum atomic E-state index is 0.626. The van der Waals surface area contributed by atoms with Crippen molar-refractivity contribution in [1.82, 2.24) is 8.75 Å².